The van der Waals surface area contributed by atoms with Crippen molar-refractivity contribution in [3.05, 3.63) is 81.8 Å². The quantitative estimate of drug-likeness (QED) is 0.183. The van der Waals surface area contributed by atoms with Gasteiger partial charge in [0.25, 0.3) is 24.1 Å². The van der Waals surface area contributed by atoms with E-state index in [1.54, 1.807) is 44.9 Å². The third-order valence-corrected chi connectivity index (χ3v) is 11.8. The number of likely N-dealkylation sites (tertiary alicyclic amines) is 1. The molecule has 15 nitrogen and oxygen atoms in total. The third-order valence-electron chi connectivity index (χ3n) is 11.8. The van der Waals surface area contributed by atoms with Crippen molar-refractivity contribution < 1.29 is 37.5 Å². The molecule has 5 aliphatic heterocycles. The number of hydrogen-bond donors (Lipinski definition) is 3. The molecule has 5 aliphatic rings. The van der Waals surface area contributed by atoms with Gasteiger partial charge >= 0.3 is 0 Å². The Kier molecular flexibility index (Phi) is 10.1. The van der Waals surface area contributed by atoms with Gasteiger partial charge in [-0.25, -0.2) is 8.78 Å². The number of rotatable bonds is 7. The van der Waals surface area contributed by atoms with E-state index in [2.05, 4.69) is 15.7 Å². The molecule has 3 aromatic rings. The molecule has 1 aromatic heterocycles. The van der Waals surface area contributed by atoms with Crippen LogP contribution in [-0.4, -0.2) is 111 Å². The number of imide groups is 2. The normalized spacial score (nSPS) is 20.1. The first-order valence-electron chi connectivity index (χ1n) is 19.5. The van der Waals surface area contributed by atoms with Crippen LogP contribution in [0.4, 0.5) is 14.5 Å². The molecule has 2 fully saturated rings. The van der Waals surface area contributed by atoms with Crippen LogP contribution >= 0.6 is 0 Å². The fraction of sp³-hybridized carbons (Fsp3) is 0.415. The highest BCUT2D eigenvalue weighted by Crippen LogP contribution is 2.40. The second-order valence-corrected chi connectivity index (χ2v) is 15.4. The minimum absolute atomic E-state index is 0.00296. The molecule has 0 spiro atoms. The lowest BCUT2D eigenvalue weighted by Crippen LogP contribution is -2.54. The number of halogens is 2. The zero-order valence-electron chi connectivity index (χ0n) is 32.1. The first-order valence-corrected chi connectivity index (χ1v) is 19.5. The Labute approximate surface area is 332 Å². The maximum atomic E-state index is 14.6. The number of anilines is 1. The Hall–Kier alpha value is -6.26. The van der Waals surface area contributed by atoms with E-state index in [-0.39, 0.29) is 59.4 Å². The van der Waals surface area contributed by atoms with Crippen molar-refractivity contribution in [2.24, 2.45) is 7.05 Å². The Morgan fingerprint density at radius 3 is 2.41 bits per heavy atom. The van der Waals surface area contributed by atoms with Crippen molar-refractivity contribution in [1.29, 1.82) is 5.41 Å². The van der Waals surface area contributed by atoms with Crippen LogP contribution in [0.5, 0.6) is 0 Å². The standard InChI is InChI=1S/C41H43F2N9O6/c1-22(53)50-16-12-31(30(21-50)37(44)51-13-4-5-23-17-28(24-19-45-48(2)20-24)29(36(42)43)18-33(23)51)46-25-10-14-49(15-11-25)39(56)26-6-3-7-27-35(26)41(58)52(40(27)57)32-8-9-34(54)47-38(32)55/h3,6-7,17-20,25,32,36,44,46H,4-5,8-16,21H2,1-2H3,(H,47,54,55). The summed E-state index contributed by atoms with van der Waals surface area (Å²) < 4.78 is 30.7. The summed E-state index contributed by atoms with van der Waals surface area (Å²) in [6, 6.07) is 6.50. The molecular weight excluding hydrogens is 753 g/mol. The van der Waals surface area contributed by atoms with Gasteiger partial charge in [-0.2, -0.15) is 5.10 Å². The summed E-state index contributed by atoms with van der Waals surface area (Å²) in [5.41, 5.74) is 3.70. The minimum atomic E-state index is -2.76. The van der Waals surface area contributed by atoms with Crippen molar-refractivity contribution in [2.75, 3.05) is 37.6 Å². The lowest BCUT2D eigenvalue weighted by molar-refractivity contribution is -0.136. The topological polar surface area (TPSA) is 181 Å². The predicted molar refractivity (Wildman–Crippen MR) is 206 cm³/mol. The molecule has 1 atom stereocenters. The highest BCUT2D eigenvalue weighted by atomic mass is 19.3. The Balaban J connectivity index is 1.00. The molecule has 6 heterocycles. The van der Waals surface area contributed by atoms with Gasteiger partial charge in [0.2, 0.25) is 17.7 Å². The average Bonchev–Trinajstić information content (AvgIpc) is 3.76. The average molecular weight is 796 g/mol. The number of amidine groups is 1. The highest BCUT2D eigenvalue weighted by Gasteiger charge is 2.46. The number of nitrogens with one attached hydrogen (secondary N) is 3. The largest absolute Gasteiger partial charge is 0.385 e. The van der Waals surface area contributed by atoms with Crippen molar-refractivity contribution in [2.45, 2.75) is 70.4 Å². The number of alkyl halides is 2. The van der Waals surface area contributed by atoms with E-state index < -0.39 is 42.0 Å². The van der Waals surface area contributed by atoms with Gasteiger partial charge in [-0.05, 0) is 67.5 Å². The van der Waals surface area contributed by atoms with Crippen molar-refractivity contribution in [3.8, 4) is 11.1 Å². The number of benzene rings is 2. The third kappa shape index (κ3) is 6.91. The van der Waals surface area contributed by atoms with Crippen molar-refractivity contribution in [3.63, 3.8) is 0 Å². The summed E-state index contributed by atoms with van der Waals surface area (Å²) >= 11 is 0. The van der Waals surface area contributed by atoms with Gasteiger partial charge in [-0.3, -0.25) is 49.1 Å². The lowest BCUT2D eigenvalue weighted by atomic mass is 9.92. The monoisotopic (exact) mass is 795 g/mol. The van der Waals surface area contributed by atoms with Gasteiger partial charge in [0.1, 0.15) is 11.9 Å². The van der Waals surface area contributed by atoms with Gasteiger partial charge in [0.15, 0.2) is 0 Å². The molecule has 1 unspecified atom stereocenters. The Bertz CT molecular complexity index is 2310. The number of fused-ring (bicyclic) bond motifs is 2. The number of amides is 6. The Morgan fingerprint density at radius 1 is 0.948 bits per heavy atom. The lowest BCUT2D eigenvalue weighted by Gasteiger charge is -2.39. The van der Waals surface area contributed by atoms with Gasteiger partial charge in [0, 0.05) is 93.3 Å². The number of piperidine rings is 2. The number of carbonyl (C=O) groups excluding carboxylic acids is 6. The van der Waals surface area contributed by atoms with E-state index >= 15 is 0 Å². The molecule has 58 heavy (non-hydrogen) atoms. The SMILES string of the molecule is CC(=O)N1CCC(NC2CCN(C(=O)c3cccc4c3C(=O)N(C3CCC(=O)NC3=O)C4=O)CC2)=C(C(=N)N2CCCc3cc(-c4cnn(C)c4)c(C(F)F)cc32)C1. The summed E-state index contributed by atoms with van der Waals surface area (Å²) in [7, 11) is 1.73. The van der Waals surface area contributed by atoms with Crippen LogP contribution in [0.25, 0.3) is 11.1 Å². The zero-order chi connectivity index (χ0) is 41.0. The molecule has 3 N–H and O–H groups in total. The summed E-state index contributed by atoms with van der Waals surface area (Å²) in [5, 5.41) is 19.5. The second-order valence-electron chi connectivity index (χ2n) is 15.4. The second kappa shape index (κ2) is 15.2. The molecule has 2 aromatic carbocycles. The smallest absolute Gasteiger partial charge is 0.264 e. The van der Waals surface area contributed by atoms with Crippen LogP contribution in [-0.2, 0) is 27.9 Å². The number of aromatic nitrogens is 2. The number of carbonyl (C=O) groups is 6. The summed E-state index contributed by atoms with van der Waals surface area (Å²) in [6.45, 7) is 3.20. The van der Waals surface area contributed by atoms with Crippen molar-refractivity contribution >= 4 is 47.0 Å². The number of nitrogens with zero attached hydrogens (tertiary/aromatic N) is 6. The molecular formula is C41H43F2N9O6. The van der Waals surface area contributed by atoms with E-state index in [9.17, 15) is 43.0 Å². The van der Waals surface area contributed by atoms with Gasteiger partial charge < -0.3 is 20.0 Å². The number of aryl methyl sites for hydroxylation is 2. The molecule has 8 rings (SSSR count). The summed E-state index contributed by atoms with van der Waals surface area (Å²) in [6.07, 6.45) is 3.36. The van der Waals surface area contributed by atoms with Crippen LogP contribution < -0.4 is 15.5 Å². The van der Waals surface area contributed by atoms with Gasteiger partial charge in [-0.1, -0.05) is 6.07 Å². The maximum Gasteiger partial charge on any atom is 0.264 e. The fourth-order valence-corrected chi connectivity index (χ4v) is 8.78. The molecule has 2 saturated heterocycles. The van der Waals surface area contributed by atoms with E-state index in [0.29, 0.717) is 80.7 Å². The summed E-state index contributed by atoms with van der Waals surface area (Å²) in [4.78, 5) is 83.7. The molecule has 0 radical (unpaired) electrons. The predicted octanol–water partition coefficient (Wildman–Crippen LogP) is 3.56. The van der Waals surface area contributed by atoms with E-state index in [1.165, 1.54) is 31.2 Å². The van der Waals surface area contributed by atoms with E-state index in [1.807, 2.05) is 0 Å². The Morgan fingerprint density at radius 2 is 1.72 bits per heavy atom. The number of hydrogen-bond acceptors (Lipinski definition) is 9. The molecule has 302 valence electrons. The molecule has 17 heteroatoms. The minimum Gasteiger partial charge on any atom is -0.385 e. The summed E-state index contributed by atoms with van der Waals surface area (Å²) in [5.74, 6) is -3.06. The van der Waals surface area contributed by atoms with Crippen LogP contribution in [0.15, 0.2) is 54.0 Å². The van der Waals surface area contributed by atoms with E-state index in [4.69, 9.17) is 0 Å². The fourth-order valence-electron chi connectivity index (χ4n) is 8.78. The van der Waals surface area contributed by atoms with E-state index in [0.717, 1.165) is 16.2 Å². The molecule has 0 aliphatic carbocycles. The molecule has 0 bridgehead atoms. The van der Waals surface area contributed by atoms with Gasteiger partial charge in [-0.15, -0.1) is 0 Å². The van der Waals surface area contributed by atoms with Crippen LogP contribution in [0.1, 0.15) is 94.1 Å². The van der Waals surface area contributed by atoms with Crippen LogP contribution in [0.2, 0.25) is 0 Å². The maximum absolute atomic E-state index is 14.6. The first kappa shape index (κ1) is 38.6. The first-order chi connectivity index (χ1) is 27.8. The highest BCUT2D eigenvalue weighted by molar-refractivity contribution is 6.26. The van der Waals surface area contributed by atoms with Gasteiger partial charge in [0.05, 0.1) is 29.4 Å². The van der Waals surface area contributed by atoms with Crippen LogP contribution in [0, 0.1) is 5.41 Å². The van der Waals surface area contributed by atoms with Crippen LogP contribution in [0.3, 0.4) is 0 Å². The zero-order valence-corrected chi connectivity index (χ0v) is 32.1. The molecule has 0 saturated carbocycles. The molecule has 6 amide bonds. The van der Waals surface area contributed by atoms with Crippen molar-refractivity contribution in [1.82, 2.24) is 35.1 Å².